The zero-order chi connectivity index (χ0) is 16.7. The first-order valence-electron chi connectivity index (χ1n) is 7.90. The number of halogens is 2. The Morgan fingerprint density at radius 1 is 1.25 bits per heavy atom. The highest BCUT2D eigenvalue weighted by molar-refractivity contribution is 5.87. The van der Waals surface area contributed by atoms with Crippen LogP contribution in [0.5, 0.6) is 0 Å². The quantitative estimate of drug-likeness (QED) is 0.719. The molecular formula is C17H16F2N4O. The molecule has 5 nitrogen and oxygen atoms in total. The first-order valence-corrected chi connectivity index (χ1v) is 7.90. The highest BCUT2D eigenvalue weighted by Gasteiger charge is 2.27. The van der Waals surface area contributed by atoms with Gasteiger partial charge in [0.15, 0.2) is 0 Å². The molecule has 1 aromatic carbocycles. The highest BCUT2D eigenvalue weighted by atomic mass is 19.1. The maximum absolute atomic E-state index is 14.1. The molecule has 1 fully saturated rings. The largest absolute Gasteiger partial charge is 0.355 e. The third-order valence-corrected chi connectivity index (χ3v) is 4.54. The van der Waals surface area contributed by atoms with E-state index in [1.165, 1.54) is 18.5 Å². The Kier molecular flexibility index (Phi) is 3.63. The molecule has 1 aliphatic heterocycles. The number of fused-ring (bicyclic) bond motifs is 1. The van der Waals surface area contributed by atoms with Gasteiger partial charge in [0.25, 0.3) is 5.71 Å². The van der Waals surface area contributed by atoms with Crippen molar-refractivity contribution in [2.24, 2.45) is 0 Å². The minimum atomic E-state index is -0.414. The van der Waals surface area contributed by atoms with Crippen molar-refractivity contribution in [3.63, 3.8) is 0 Å². The van der Waals surface area contributed by atoms with E-state index in [-0.39, 0.29) is 11.7 Å². The van der Waals surface area contributed by atoms with Gasteiger partial charge >= 0.3 is 0 Å². The van der Waals surface area contributed by atoms with Crippen molar-refractivity contribution in [3.05, 3.63) is 47.4 Å². The summed E-state index contributed by atoms with van der Waals surface area (Å²) in [4.78, 5) is 10.5. The minimum Gasteiger partial charge on any atom is -0.355 e. The Balaban J connectivity index is 1.70. The molecule has 0 radical (unpaired) electrons. The van der Waals surface area contributed by atoms with Crippen LogP contribution in [0.15, 0.2) is 29.0 Å². The number of nitrogens with zero attached hydrogens (tertiary/aromatic N) is 4. The van der Waals surface area contributed by atoms with E-state index in [0.717, 1.165) is 42.4 Å². The normalized spacial score (nSPS) is 18.3. The van der Waals surface area contributed by atoms with Gasteiger partial charge < -0.3 is 9.42 Å². The van der Waals surface area contributed by atoms with E-state index in [4.69, 9.17) is 4.52 Å². The predicted molar refractivity (Wildman–Crippen MR) is 84.9 cm³/mol. The van der Waals surface area contributed by atoms with Crippen molar-refractivity contribution in [1.29, 1.82) is 0 Å². The first-order chi connectivity index (χ1) is 11.6. The molecule has 0 spiro atoms. The third-order valence-electron chi connectivity index (χ3n) is 4.54. The van der Waals surface area contributed by atoms with Crippen molar-refractivity contribution in [1.82, 2.24) is 15.1 Å². The molecule has 124 valence electrons. The number of anilines is 1. The average molecular weight is 330 g/mol. The first kappa shape index (κ1) is 15.0. The van der Waals surface area contributed by atoms with E-state index in [2.05, 4.69) is 20.0 Å². The molecule has 0 amide bonds. The molecule has 1 atom stereocenters. The van der Waals surface area contributed by atoms with Gasteiger partial charge in [0, 0.05) is 19.0 Å². The van der Waals surface area contributed by atoms with Crippen LogP contribution in [0.3, 0.4) is 0 Å². The van der Waals surface area contributed by atoms with E-state index >= 15 is 0 Å². The van der Waals surface area contributed by atoms with Crippen LogP contribution in [0, 0.1) is 18.6 Å². The van der Waals surface area contributed by atoms with Gasteiger partial charge in [-0.15, -0.1) is 0 Å². The Hall–Kier alpha value is -2.57. The molecule has 0 aliphatic carbocycles. The van der Waals surface area contributed by atoms with E-state index in [9.17, 15) is 8.78 Å². The molecule has 0 unspecified atom stereocenters. The van der Waals surface area contributed by atoms with E-state index in [1.54, 1.807) is 0 Å². The van der Waals surface area contributed by atoms with Crippen molar-refractivity contribution in [3.8, 4) is 0 Å². The summed E-state index contributed by atoms with van der Waals surface area (Å²) in [6, 6.07) is 3.63. The predicted octanol–water partition coefficient (Wildman–Crippen LogP) is 3.59. The minimum absolute atomic E-state index is 0.0837. The van der Waals surface area contributed by atoms with Gasteiger partial charge in [0.2, 0.25) is 0 Å². The second-order valence-electron chi connectivity index (χ2n) is 6.10. The van der Waals surface area contributed by atoms with Gasteiger partial charge in [0.05, 0.1) is 5.69 Å². The Morgan fingerprint density at radius 2 is 2.12 bits per heavy atom. The molecule has 3 aromatic rings. The Morgan fingerprint density at radius 3 is 3.00 bits per heavy atom. The van der Waals surface area contributed by atoms with Gasteiger partial charge in [-0.1, -0.05) is 5.16 Å². The fourth-order valence-electron chi connectivity index (χ4n) is 3.39. The number of hydrogen-bond acceptors (Lipinski definition) is 5. The van der Waals surface area contributed by atoms with E-state index in [1.807, 2.05) is 6.92 Å². The Labute approximate surface area is 137 Å². The van der Waals surface area contributed by atoms with E-state index in [0.29, 0.717) is 17.8 Å². The van der Waals surface area contributed by atoms with Gasteiger partial charge in [0.1, 0.15) is 29.2 Å². The molecule has 7 heteroatoms. The molecular weight excluding hydrogens is 314 g/mol. The van der Waals surface area contributed by atoms with Gasteiger partial charge in [-0.05, 0) is 43.5 Å². The number of aryl methyl sites for hydroxylation is 1. The fraction of sp³-hybridized carbons (Fsp3) is 0.353. The van der Waals surface area contributed by atoms with Crippen molar-refractivity contribution < 1.29 is 13.3 Å². The molecule has 4 rings (SSSR count). The molecule has 0 bridgehead atoms. The molecule has 2 aromatic heterocycles. The van der Waals surface area contributed by atoms with Crippen molar-refractivity contribution >= 4 is 16.9 Å². The number of hydrogen-bond donors (Lipinski definition) is 0. The highest BCUT2D eigenvalue weighted by Crippen LogP contribution is 2.34. The second kappa shape index (κ2) is 5.81. The lowest BCUT2D eigenvalue weighted by molar-refractivity contribution is 0.442. The van der Waals surface area contributed by atoms with E-state index < -0.39 is 5.82 Å². The molecule has 1 saturated heterocycles. The van der Waals surface area contributed by atoms with Crippen LogP contribution in [0.4, 0.5) is 14.6 Å². The number of piperidine rings is 1. The summed E-state index contributed by atoms with van der Waals surface area (Å²) in [6.45, 7) is 3.20. The van der Waals surface area contributed by atoms with Gasteiger partial charge in [-0.3, -0.25) is 0 Å². The monoisotopic (exact) mass is 330 g/mol. The van der Waals surface area contributed by atoms with Crippen LogP contribution in [0.1, 0.15) is 30.0 Å². The van der Waals surface area contributed by atoms with Crippen LogP contribution >= 0.6 is 0 Å². The third kappa shape index (κ3) is 2.50. The summed E-state index contributed by atoms with van der Waals surface area (Å²) in [6.07, 6.45) is 3.12. The van der Waals surface area contributed by atoms with Crippen LogP contribution < -0.4 is 4.90 Å². The zero-order valence-corrected chi connectivity index (χ0v) is 13.2. The van der Waals surface area contributed by atoms with Crippen molar-refractivity contribution in [2.45, 2.75) is 25.7 Å². The topological polar surface area (TPSA) is 55.1 Å². The lowest BCUT2D eigenvalue weighted by Crippen LogP contribution is -2.35. The SMILES string of the molecule is Cc1noc2ncnc(N3CCC[C@@H](c4cc(F)ccc4F)C3)c12. The van der Waals surface area contributed by atoms with Crippen LogP contribution in [-0.4, -0.2) is 28.2 Å². The summed E-state index contributed by atoms with van der Waals surface area (Å²) in [5, 5.41) is 4.72. The standard InChI is InChI=1S/C17H16F2N4O/c1-10-15-16(20-9-21-17(15)24-22-10)23-6-2-3-11(8-23)13-7-12(18)4-5-14(13)19/h4-5,7,9,11H,2-3,6,8H2,1H3/t11-/m1/s1. The maximum Gasteiger partial charge on any atom is 0.263 e. The second-order valence-corrected chi connectivity index (χ2v) is 6.10. The summed E-state index contributed by atoms with van der Waals surface area (Å²) < 4.78 is 32.8. The number of benzene rings is 1. The van der Waals surface area contributed by atoms with Gasteiger partial charge in [-0.2, -0.15) is 4.98 Å². The lowest BCUT2D eigenvalue weighted by atomic mass is 9.90. The summed E-state index contributed by atoms with van der Waals surface area (Å²) in [7, 11) is 0. The van der Waals surface area contributed by atoms with Gasteiger partial charge in [-0.25, -0.2) is 13.8 Å². The number of aromatic nitrogens is 3. The molecule has 0 N–H and O–H groups in total. The fourth-order valence-corrected chi connectivity index (χ4v) is 3.39. The van der Waals surface area contributed by atoms with Crippen LogP contribution in [-0.2, 0) is 0 Å². The average Bonchev–Trinajstić information content (AvgIpc) is 2.99. The molecule has 1 aliphatic rings. The maximum atomic E-state index is 14.1. The number of rotatable bonds is 2. The lowest BCUT2D eigenvalue weighted by Gasteiger charge is -2.34. The smallest absolute Gasteiger partial charge is 0.263 e. The van der Waals surface area contributed by atoms with Crippen LogP contribution in [0.25, 0.3) is 11.1 Å². The molecule has 3 heterocycles. The van der Waals surface area contributed by atoms with Crippen molar-refractivity contribution in [2.75, 3.05) is 18.0 Å². The summed E-state index contributed by atoms with van der Waals surface area (Å²) in [5.74, 6) is -0.125. The summed E-state index contributed by atoms with van der Waals surface area (Å²) in [5.41, 5.74) is 1.59. The summed E-state index contributed by atoms with van der Waals surface area (Å²) >= 11 is 0. The van der Waals surface area contributed by atoms with Crippen LogP contribution in [0.2, 0.25) is 0 Å². The molecule has 24 heavy (non-hydrogen) atoms. The zero-order valence-electron chi connectivity index (χ0n) is 13.2. The Bertz CT molecular complexity index is 895. The molecule has 0 saturated carbocycles.